The van der Waals surface area contributed by atoms with Crippen molar-refractivity contribution < 1.29 is 9.59 Å². The lowest BCUT2D eigenvalue weighted by molar-refractivity contribution is 0.0948. The maximum Gasteiger partial charge on any atom is 0.288 e. The lowest BCUT2D eigenvalue weighted by Crippen LogP contribution is -2.21. The van der Waals surface area contributed by atoms with Crippen molar-refractivity contribution in [1.82, 2.24) is 25.8 Å². The van der Waals surface area contributed by atoms with Crippen LogP contribution in [0.1, 0.15) is 43.2 Å². The summed E-state index contributed by atoms with van der Waals surface area (Å²) < 4.78 is 0. The summed E-state index contributed by atoms with van der Waals surface area (Å²) in [5.41, 5.74) is 8.20. The minimum Gasteiger partial charge on any atom is -0.354 e. The number of carbonyl (C=O) groups excluding carboxylic acids is 2. The Kier molecular flexibility index (Phi) is 6.21. The number of H-pyrrole nitrogens is 1. The number of carbonyl (C=O) groups is 2. The van der Waals surface area contributed by atoms with E-state index < -0.39 is 11.8 Å². The largest absolute Gasteiger partial charge is 0.354 e. The molecule has 0 radical (unpaired) electrons. The molecular weight excluding hydrogens is 370 g/mol. The molecule has 0 saturated heterocycles. The molecule has 3 heterocycles. The molecule has 0 aliphatic rings. The van der Waals surface area contributed by atoms with Crippen LogP contribution in [-0.4, -0.2) is 39.2 Å². The number of hydrogen-bond donors (Lipinski definition) is 3. The summed E-state index contributed by atoms with van der Waals surface area (Å²) in [6, 6.07) is 7.04. The summed E-state index contributed by atoms with van der Waals surface area (Å²) >= 11 is 0. The maximum atomic E-state index is 12.5. The molecule has 0 aliphatic heterocycles. The molecule has 0 unspecified atom stereocenters. The van der Waals surface area contributed by atoms with Gasteiger partial charge < -0.3 is 4.98 Å². The van der Waals surface area contributed by atoms with E-state index in [4.69, 9.17) is 0 Å². The van der Waals surface area contributed by atoms with Crippen molar-refractivity contribution in [1.29, 1.82) is 0 Å². The average Bonchev–Trinajstić information content (AvgIpc) is 3.03. The fraction of sp³-hybridized carbons (Fsp3) is 0.100. The Bertz CT molecular complexity index is 1060. The summed E-state index contributed by atoms with van der Waals surface area (Å²) in [4.78, 5) is 35.7. The first-order valence-electron chi connectivity index (χ1n) is 8.72. The summed E-state index contributed by atoms with van der Waals surface area (Å²) in [7, 11) is 0. The predicted molar refractivity (Wildman–Crippen MR) is 109 cm³/mol. The van der Waals surface area contributed by atoms with Crippen LogP contribution in [0, 0.1) is 13.8 Å². The zero-order valence-corrected chi connectivity index (χ0v) is 15.9. The summed E-state index contributed by atoms with van der Waals surface area (Å²) in [6.45, 7) is 3.40. The van der Waals surface area contributed by atoms with Crippen molar-refractivity contribution in [3.05, 3.63) is 82.7 Å². The zero-order chi connectivity index (χ0) is 20.6. The summed E-state index contributed by atoms with van der Waals surface area (Å²) in [5.74, 6) is -0.865. The number of pyridine rings is 2. The Labute approximate surface area is 167 Å². The Morgan fingerprint density at radius 1 is 0.862 bits per heavy atom. The molecule has 29 heavy (non-hydrogen) atoms. The third kappa shape index (κ3) is 4.98. The van der Waals surface area contributed by atoms with Gasteiger partial charge in [0.05, 0.1) is 18.0 Å². The number of aromatic amines is 1. The third-order valence-corrected chi connectivity index (χ3v) is 4.06. The van der Waals surface area contributed by atoms with Crippen LogP contribution in [0.3, 0.4) is 0 Å². The normalized spacial score (nSPS) is 11.1. The van der Waals surface area contributed by atoms with Crippen LogP contribution in [-0.2, 0) is 0 Å². The van der Waals surface area contributed by atoms with Crippen LogP contribution in [0.25, 0.3) is 0 Å². The van der Waals surface area contributed by atoms with E-state index in [9.17, 15) is 9.59 Å². The Balaban J connectivity index is 1.67. The second-order valence-corrected chi connectivity index (χ2v) is 6.08. The van der Waals surface area contributed by atoms with Crippen LogP contribution in [0.2, 0.25) is 0 Å². The average molecular weight is 389 g/mol. The van der Waals surface area contributed by atoms with Gasteiger partial charge in [-0.1, -0.05) is 0 Å². The number of nitrogens with one attached hydrogen (secondary N) is 3. The van der Waals surface area contributed by atoms with Gasteiger partial charge in [-0.25, -0.2) is 10.9 Å². The maximum absolute atomic E-state index is 12.5. The standard InChI is InChI=1S/C20H19N7O2/c1-13-17(19(28)26-23-11-15-3-7-21-8-4-15)14(2)25-18(13)20(29)27-24-12-16-5-9-22-10-6-16/h3-12,25H,1-2H3,(H,26,28)(H,27,29)/b23-11-,24-12-. The van der Waals surface area contributed by atoms with Crippen LogP contribution in [0.5, 0.6) is 0 Å². The van der Waals surface area contributed by atoms with Gasteiger partial charge in [-0.3, -0.25) is 19.6 Å². The highest BCUT2D eigenvalue weighted by molar-refractivity contribution is 6.03. The highest BCUT2D eigenvalue weighted by Crippen LogP contribution is 2.17. The Morgan fingerprint density at radius 2 is 1.34 bits per heavy atom. The molecule has 3 aromatic rings. The van der Waals surface area contributed by atoms with Gasteiger partial charge in [-0.05, 0) is 54.8 Å². The monoisotopic (exact) mass is 389 g/mol. The molecule has 0 saturated carbocycles. The first-order chi connectivity index (χ1) is 14.1. The van der Waals surface area contributed by atoms with E-state index in [1.807, 2.05) is 0 Å². The molecule has 0 aliphatic carbocycles. The van der Waals surface area contributed by atoms with Crippen LogP contribution >= 0.6 is 0 Å². The van der Waals surface area contributed by atoms with E-state index in [2.05, 4.69) is 36.0 Å². The summed E-state index contributed by atoms with van der Waals surface area (Å²) in [5, 5.41) is 7.87. The van der Waals surface area contributed by atoms with Crippen LogP contribution in [0.15, 0.2) is 59.3 Å². The zero-order valence-electron chi connectivity index (χ0n) is 15.9. The third-order valence-electron chi connectivity index (χ3n) is 4.06. The number of nitrogens with zero attached hydrogens (tertiary/aromatic N) is 4. The second-order valence-electron chi connectivity index (χ2n) is 6.08. The van der Waals surface area contributed by atoms with Crippen molar-refractivity contribution in [2.45, 2.75) is 13.8 Å². The number of aryl methyl sites for hydroxylation is 1. The van der Waals surface area contributed by atoms with Gasteiger partial charge in [0.2, 0.25) is 0 Å². The van der Waals surface area contributed by atoms with Gasteiger partial charge in [0.25, 0.3) is 11.8 Å². The number of hydrazone groups is 2. The van der Waals surface area contributed by atoms with Crippen molar-refractivity contribution in [2.75, 3.05) is 0 Å². The molecule has 9 nitrogen and oxygen atoms in total. The quantitative estimate of drug-likeness (QED) is 0.440. The molecule has 2 amide bonds. The topological polar surface area (TPSA) is 124 Å². The molecule has 0 fully saturated rings. The fourth-order valence-corrected chi connectivity index (χ4v) is 2.66. The highest BCUT2D eigenvalue weighted by atomic mass is 16.2. The molecular formula is C20H19N7O2. The Morgan fingerprint density at radius 3 is 1.86 bits per heavy atom. The molecule has 9 heteroatoms. The number of aromatic nitrogens is 3. The first kappa shape index (κ1) is 19.6. The van der Waals surface area contributed by atoms with Crippen LogP contribution in [0.4, 0.5) is 0 Å². The molecule has 0 spiro atoms. The predicted octanol–water partition coefficient (Wildman–Crippen LogP) is 1.95. The fourth-order valence-electron chi connectivity index (χ4n) is 2.66. The molecule has 0 bridgehead atoms. The van der Waals surface area contributed by atoms with Crippen molar-refractivity contribution in [3.63, 3.8) is 0 Å². The molecule has 3 rings (SSSR count). The van der Waals surface area contributed by atoms with Gasteiger partial charge >= 0.3 is 0 Å². The van der Waals surface area contributed by atoms with Gasteiger partial charge in [-0.15, -0.1) is 0 Å². The van der Waals surface area contributed by atoms with Gasteiger partial charge in [0.1, 0.15) is 5.69 Å². The van der Waals surface area contributed by atoms with E-state index in [0.29, 0.717) is 16.8 Å². The van der Waals surface area contributed by atoms with E-state index in [-0.39, 0.29) is 5.69 Å². The SMILES string of the molecule is Cc1[nH]c(C(=O)N/N=C\c2ccncc2)c(C)c1C(=O)N/N=C\c1ccncc1. The lowest BCUT2D eigenvalue weighted by Gasteiger charge is -2.02. The number of rotatable bonds is 6. The van der Waals surface area contributed by atoms with Gasteiger partial charge in [0, 0.05) is 30.5 Å². The summed E-state index contributed by atoms with van der Waals surface area (Å²) in [6.07, 6.45) is 9.54. The van der Waals surface area contributed by atoms with E-state index in [0.717, 1.165) is 11.1 Å². The molecule has 3 aromatic heterocycles. The molecule has 3 N–H and O–H groups in total. The highest BCUT2D eigenvalue weighted by Gasteiger charge is 2.21. The van der Waals surface area contributed by atoms with Crippen molar-refractivity contribution >= 4 is 24.2 Å². The van der Waals surface area contributed by atoms with E-state index >= 15 is 0 Å². The molecule has 0 aromatic carbocycles. The number of amides is 2. The minimum absolute atomic E-state index is 0.262. The Hall–Kier alpha value is -4.14. The van der Waals surface area contributed by atoms with E-state index in [1.165, 1.54) is 12.4 Å². The molecule has 0 atom stereocenters. The second kappa shape index (κ2) is 9.18. The van der Waals surface area contributed by atoms with E-state index in [1.54, 1.807) is 62.9 Å². The van der Waals surface area contributed by atoms with Gasteiger partial charge in [-0.2, -0.15) is 10.2 Å². The smallest absolute Gasteiger partial charge is 0.288 e. The van der Waals surface area contributed by atoms with Crippen LogP contribution < -0.4 is 10.9 Å². The first-order valence-corrected chi connectivity index (χ1v) is 8.72. The molecule has 146 valence electrons. The minimum atomic E-state index is -0.449. The van der Waals surface area contributed by atoms with Crippen molar-refractivity contribution in [2.24, 2.45) is 10.2 Å². The number of hydrogen-bond acceptors (Lipinski definition) is 6. The van der Waals surface area contributed by atoms with Gasteiger partial charge in [0.15, 0.2) is 0 Å². The lowest BCUT2D eigenvalue weighted by atomic mass is 10.1. The van der Waals surface area contributed by atoms with Crippen molar-refractivity contribution in [3.8, 4) is 0 Å².